The van der Waals surface area contributed by atoms with Crippen LogP contribution in [-0.4, -0.2) is 23.9 Å². The lowest BCUT2D eigenvalue weighted by Crippen LogP contribution is -3.00. The first-order valence-corrected chi connectivity index (χ1v) is 5.52. The molecule has 0 N–H and O–H groups in total. The molecule has 0 saturated heterocycles. The third-order valence-corrected chi connectivity index (χ3v) is 2.66. The SMILES string of the molecule is CSC1=NCC(=O)N1c1ccccc1.[I-]. The number of hydrogen-bond donors (Lipinski definition) is 0. The molecule has 0 radical (unpaired) electrons. The molecule has 1 aliphatic heterocycles. The Morgan fingerprint density at radius 3 is 2.60 bits per heavy atom. The van der Waals surface area contributed by atoms with E-state index in [-0.39, 0.29) is 36.4 Å². The average Bonchev–Trinajstić information content (AvgIpc) is 2.61. The molecule has 80 valence electrons. The summed E-state index contributed by atoms with van der Waals surface area (Å²) in [5.41, 5.74) is 0.892. The lowest BCUT2D eigenvalue weighted by Gasteiger charge is -2.16. The van der Waals surface area contributed by atoms with Gasteiger partial charge in [-0.05, 0) is 18.4 Å². The number of para-hydroxylation sites is 1. The Hall–Kier alpha value is -0.560. The van der Waals surface area contributed by atoms with Crippen molar-refractivity contribution in [3.8, 4) is 0 Å². The fourth-order valence-electron chi connectivity index (χ4n) is 1.37. The summed E-state index contributed by atoms with van der Waals surface area (Å²) >= 11 is 1.49. The van der Waals surface area contributed by atoms with Gasteiger partial charge in [0.1, 0.15) is 6.54 Å². The number of thioether (sulfide) groups is 1. The zero-order chi connectivity index (χ0) is 9.97. The maximum absolute atomic E-state index is 11.5. The Bertz CT molecular complexity index is 380. The van der Waals surface area contributed by atoms with Gasteiger partial charge in [-0.1, -0.05) is 30.0 Å². The van der Waals surface area contributed by atoms with Crippen molar-refractivity contribution in [1.29, 1.82) is 0 Å². The van der Waals surface area contributed by atoms with Gasteiger partial charge in [0, 0.05) is 0 Å². The van der Waals surface area contributed by atoms with Crippen molar-refractivity contribution in [2.24, 2.45) is 4.99 Å². The Morgan fingerprint density at radius 1 is 1.33 bits per heavy atom. The van der Waals surface area contributed by atoms with Crippen molar-refractivity contribution in [2.45, 2.75) is 0 Å². The van der Waals surface area contributed by atoms with Gasteiger partial charge in [-0.15, -0.1) is 0 Å². The molecule has 1 aromatic carbocycles. The lowest BCUT2D eigenvalue weighted by molar-refractivity contribution is -0.115. The number of carbonyl (C=O) groups excluding carboxylic acids is 1. The summed E-state index contributed by atoms with van der Waals surface area (Å²) in [6, 6.07) is 9.58. The van der Waals surface area contributed by atoms with Gasteiger partial charge in [-0.25, -0.2) is 0 Å². The van der Waals surface area contributed by atoms with Crippen molar-refractivity contribution in [2.75, 3.05) is 17.7 Å². The maximum atomic E-state index is 11.5. The molecule has 15 heavy (non-hydrogen) atoms. The number of hydrogen-bond acceptors (Lipinski definition) is 3. The molecule has 1 aliphatic rings. The van der Waals surface area contributed by atoms with E-state index in [1.54, 1.807) is 4.90 Å². The lowest BCUT2D eigenvalue weighted by atomic mass is 10.3. The number of halogens is 1. The number of amidine groups is 1. The Morgan fingerprint density at radius 2 is 2.00 bits per heavy atom. The van der Waals surface area contributed by atoms with Crippen LogP contribution >= 0.6 is 11.8 Å². The molecular weight excluding hydrogens is 323 g/mol. The number of anilines is 1. The highest BCUT2D eigenvalue weighted by Gasteiger charge is 2.25. The second kappa shape index (κ2) is 5.50. The summed E-state index contributed by atoms with van der Waals surface area (Å²) in [5.74, 6) is 0.0422. The molecule has 2 rings (SSSR count). The standard InChI is InChI=1S/C10H10N2OS.HI/c1-14-10-11-7-9(13)12(10)8-5-3-2-4-6-8;/h2-6H,7H2,1H3;1H/p-1. The summed E-state index contributed by atoms with van der Waals surface area (Å²) in [4.78, 5) is 17.3. The molecule has 0 spiro atoms. The fraction of sp³-hybridized carbons (Fsp3) is 0.200. The molecule has 1 heterocycles. The predicted molar refractivity (Wildman–Crippen MR) is 59.7 cm³/mol. The first-order chi connectivity index (χ1) is 6.83. The molecule has 0 fully saturated rings. The van der Waals surface area contributed by atoms with Crippen LogP contribution in [0.25, 0.3) is 0 Å². The first-order valence-electron chi connectivity index (χ1n) is 4.29. The van der Waals surface area contributed by atoms with E-state index in [0.717, 1.165) is 10.9 Å². The van der Waals surface area contributed by atoms with Gasteiger partial charge in [0.05, 0.1) is 5.69 Å². The van der Waals surface area contributed by atoms with Crippen LogP contribution in [0, 0.1) is 0 Å². The van der Waals surface area contributed by atoms with E-state index in [2.05, 4.69) is 4.99 Å². The second-order valence-electron chi connectivity index (χ2n) is 2.87. The number of benzene rings is 1. The summed E-state index contributed by atoms with van der Waals surface area (Å²) in [6.07, 6.45) is 1.92. The van der Waals surface area contributed by atoms with Crippen LogP contribution in [0.5, 0.6) is 0 Å². The predicted octanol–water partition coefficient (Wildman–Crippen LogP) is -1.24. The topological polar surface area (TPSA) is 32.7 Å². The molecule has 0 bridgehead atoms. The highest BCUT2D eigenvalue weighted by Crippen LogP contribution is 2.21. The zero-order valence-electron chi connectivity index (χ0n) is 8.18. The van der Waals surface area contributed by atoms with Gasteiger partial charge >= 0.3 is 0 Å². The molecule has 1 amide bonds. The summed E-state index contributed by atoms with van der Waals surface area (Å²) in [5, 5.41) is 0.779. The third kappa shape index (κ3) is 2.52. The van der Waals surface area contributed by atoms with Crippen LogP contribution < -0.4 is 28.9 Å². The molecule has 3 nitrogen and oxygen atoms in total. The molecule has 0 atom stereocenters. The van der Waals surface area contributed by atoms with Crippen molar-refractivity contribution in [3.05, 3.63) is 30.3 Å². The largest absolute Gasteiger partial charge is 1.00 e. The van der Waals surface area contributed by atoms with Crippen LogP contribution in [-0.2, 0) is 4.79 Å². The van der Waals surface area contributed by atoms with Gasteiger partial charge in [-0.2, -0.15) is 0 Å². The van der Waals surface area contributed by atoms with Crippen LogP contribution in [0.15, 0.2) is 35.3 Å². The van der Waals surface area contributed by atoms with Gasteiger partial charge < -0.3 is 24.0 Å². The average molecular weight is 333 g/mol. The molecule has 0 aromatic heterocycles. The molecule has 0 saturated carbocycles. The monoisotopic (exact) mass is 333 g/mol. The van der Waals surface area contributed by atoms with Crippen LogP contribution in [0.1, 0.15) is 0 Å². The Kier molecular flexibility index (Phi) is 4.59. The van der Waals surface area contributed by atoms with Gasteiger partial charge in [0.2, 0.25) is 0 Å². The minimum atomic E-state index is 0. The number of nitrogens with zero attached hydrogens (tertiary/aromatic N) is 2. The van der Waals surface area contributed by atoms with E-state index >= 15 is 0 Å². The molecular formula is C10H10IN2OS-. The fourth-order valence-corrected chi connectivity index (χ4v) is 1.95. The third-order valence-electron chi connectivity index (χ3n) is 1.99. The van der Waals surface area contributed by atoms with E-state index < -0.39 is 0 Å². The van der Waals surface area contributed by atoms with E-state index in [1.807, 2.05) is 36.6 Å². The molecule has 5 heteroatoms. The van der Waals surface area contributed by atoms with Crippen molar-refractivity contribution < 1.29 is 28.8 Å². The van der Waals surface area contributed by atoms with Crippen molar-refractivity contribution >= 4 is 28.5 Å². The van der Waals surface area contributed by atoms with E-state index in [0.29, 0.717) is 0 Å². The Labute approximate surface area is 110 Å². The highest BCUT2D eigenvalue weighted by molar-refractivity contribution is 8.13. The number of carbonyl (C=O) groups is 1. The van der Waals surface area contributed by atoms with E-state index in [9.17, 15) is 4.79 Å². The number of aliphatic imine (C=N–C) groups is 1. The minimum absolute atomic E-state index is 0. The van der Waals surface area contributed by atoms with Crippen LogP contribution in [0.4, 0.5) is 5.69 Å². The highest BCUT2D eigenvalue weighted by atomic mass is 127. The Balaban J connectivity index is 0.00000112. The molecule has 0 unspecified atom stereocenters. The van der Waals surface area contributed by atoms with E-state index in [1.165, 1.54) is 11.8 Å². The molecule has 0 aliphatic carbocycles. The van der Waals surface area contributed by atoms with Gasteiger partial charge in [-0.3, -0.25) is 14.7 Å². The zero-order valence-corrected chi connectivity index (χ0v) is 11.2. The second-order valence-corrected chi connectivity index (χ2v) is 3.64. The maximum Gasteiger partial charge on any atom is 0.254 e. The first kappa shape index (κ1) is 12.5. The smallest absolute Gasteiger partial charge is 0.254 e. The summed E-state index contributed by atoms with van der Waals surface area (Å²) in [7, 11) is 0. The number of amides is 1. The normalized spacial score (nSPS) is 14.9. The van der Waals surface area contributed by atoms with Crippen molar-refractivity contribution in [1.82, 2.24) is 0 Å². The summed E-state index contributed by atoms with van der Waals surface area (Å²) in [6.45, 7) is 0.269. The molecule has 1 aromatic rings. The quantitative estimate of drug-likeness (QED) is 0.602. The van der Waals surface area contributed by atoms with Gasteiger partial charge in [0.25, 0.3) is 5.91 Å². The summed E-state index contributed by atoms with van der Waals surface area (Å²) < 4.78 is 0. The minimum Gasteiger partial charge on any atom is -1.00 e. The van der Waals surface area contributed by atoms with Crippen LogP contribution in [0.2, 0.25) is 0 Å². The number of rotatable bonds is 1. The van der Waals surface area contributed by atoms with Crippen molar-refractivity contribution in [3.63, 3.8) is 0 Å². The van der Waals surface area contributed by atoms with Gasteiger partial charge in [0.15, 0.2) is 5.17 Å². The van der Waals surface area contributed by atoms with E-state index in [4.69, 9.17) is 0 Å². The van der Waals surface area contributed by atoms with Crippen LogP contribution in [0.3, 0.4) is 0 Å².